The second-order valence-electron chi connectivity index (χ2n) is 6.72. The van der Waals surface area contributed by atoms with E-state index in [1.807, 2.05) is 20.8 Å². The Morgan fingerprint density at radius 3 is 2.48 bits per heavy atom. The van der Waals surface area contributed by atoms with Crippen molar-refractivity contribution in [1.29, 1.82) is 0 Å². The molecule has 0 aliphatic rings. The third kappa shape index (κ3) is 7.44. The number of hydrogen-bond donors (Lipinski definition) is 2. The molecule has 1 rings (SSSR count). The van der Waals surface area contributed by atoms with E-state index < -0.39 is 10.0 Å². The van der Waals surface area contributed by atoms with Crippen molar-refractivity contribution >= 4 is 15.9 Å². The summed E-state index contributed by atoms with van der Waals surface area (Å²) in [5.74, 6) is 0.545. The van der Waals surface area contributed by atoms with Gasteiger partial charge in [-0.2, -0.15) is 0 Å². The molecule has 1 aromatic carbocycles. The van der Waals surface area contributed by atoms with Crippen LogP contribution in [0.4, 0.5) is 0 Å². The maximum atomic E-state index is 12.2. The normalized spacial score (nSPS) is 12.9. The molecule has 2 N–H and O–H groups in total. The van der Waals surface area contributed by atoms with Crippen molar-refractivity contribution in [1.82, 2.24) is 10.0 Å². The van der Waals surface area contributed by atoms with Gasteiger partial charge in [0.2, 0.25) is 10.0 Å². The van der Waals surface area contributed by atoms with Crippen LogP contribution in [-0.4, -0.2) is 33.5 Å². The monoisotopic (exact) mass is 370 g/mol. The summed E-state index contributed by atoms with van der Waals surface area (Å²) in [6.45, 7) is 9.95. The minimum Gasteiger partial charge on any atom is -0.484 e. The summed E-state index contributed by atoms with van der Waals surface area (Å²) in [4.78, 5) is 12.0. The molecule has 0 aliphatic heterocycles. The summed E-state index contributed by atoms with van der Waals surface area (Å²) in [5.41, 5.74) is 0.668. The molecule has 0 saturated carbocycles. The number of rotatable bonds is 10. The Morgan fingerprint density at radius 2 is 1.92 bits per heavy atom. The van der Waals surface area contributed by atoms with E-state index in [9.17, 15) is 13.2 Å². The molecule has 1 amide bonds. The zero-order valence-corrected chi connectivity index (χ0v) is 16.6. The summed E-state index contributed by atoms with van der Waals surface area (Å²) in [6.07, 6.45) is 1.92. The fourth-order valence-electron chi connectivity index (χ4n) is 2.28. The van der Waals surface area contributed by atoms with Crippen molar-refractivity contribution < 1.29 is 17.9 Å². The molecule has 0 spiro atoms. The first kappa shape index (κ1) is 21.4. The van der Waals surface area contributed by atoms with Gasteiger partial charge in [0.25, 0.3) is 5.91 Å². The van der Waals surface area contributed by atoms with Gasteiger partial charge in [0.1, 0.15) is 5.75 Å². The number of benzene rings is 1. The van der Waals surface area contributed by atoms with Crippen molar-refractivity contribution in [3.05, 3.63) is 23.8 Å². The van der Waals surface area contributed by atoms with Crippen molar-refractivity contribution in [3.63, 3.8) is 0 Å². The Balaban J connectivity index is 2.68. The molecule has 1 unspecified atom stereocenters. The number of carbonyl (C=O) groups is 1. The minimum atomic E-state index is -3.53. The van der Waals surface area contributed by atoms with Crippen LogP contribution >= 0.6 is 0 Å². The van der Waals surface area contributed by atoms with Gasteiger partial charge in [0.15, 0.2) is 6.61 Å². The number of nitrogens with one attached hydrogen (secondary N) is 2. The molecule has 1 aromatic rings. The van der Waals surface area contributed by atoms with Crippen LogP contribution < -0.4 is 14.8 Å². The lowest BCUT2D eigenvalue weighted by Gasteiger charge is -2.15. The molecule has 25 heavy (non-hydrogen) atoms. The lowest BCUT2D eigenvalue weighted by molar-refractivity contribution is -0.123. The van der Waals surface area contributed by atoms with Gasteiger partial charge in [0, 0.05) is 12.6 Å². The second kappa shape index (κ2) is 9.77. The highest BCUT2D eigenvalue weighted by Crippen LogP contribution is 2.21. The SMILES string of the molecule is CCCC(C)NC(=O)COc1ccc(S(=O)(=O)NCC(C)C)cc1C. The first-order valence-corrected chi connectivity index (χ1v) is 10.2. The Hall–Kier alpha value is -1.60. The molecule has 0 radical (unpaired) electrons. The van der Waals surface area contributed by atoms with Crippen LogP contribution in [0.1, 0.15) is 46.1 Å². The number of hydrogen-bond acceptors (Lipinski definition) is 4. The predicted octanol–water partition coefficient (Wildman–Crippen LogP) is 2.61. The molecule has 1 atom stereocenters. The first-order chi connectivity index (χ1) is 11.7. The van der Waals surface area contributed by atoms with Crippen molar-refractivity contribution in [2.45, 2.75) is 58.4 Å². The van der Waals surface area contributed by atoms with E-state index in [4.69, 9.17) is 4.74 Å². The van der Waals surface area contributed by atoms with E-state index in [-0.39, 0.29) is 29.4 Å². The Morgan fingerprint density at radius 1 is 1.24 bits per heavy atom. The maximum absolute atomic E-state index is 12.2. The highest BCUT2D eigenvalue weighted by Gasteiger charge is 2.16. The zero-order chi connectivity index (χ0) is 19.0. The van der Waals surface area contributed by atoms with Crippen LogP contribution in [0.5, 0.6) is 5.75 Å². The standard InChI is InChI=1S/C18H30N2O4S/c1-6-7-15(5)20-18(21)12-24-17-9-8-16(10-14(17)4)25(22,23)19-11-13(2)3/h8-10,13,15,19H,6-7,11-12H2,1-5H3,(H,20,21). The van der Waals surface area contributed by atoms with E-state index in [0.717, 1.165) is 12.8 Å². The van der Waals surface area contributed by atoms with Gasteiger partial charge in [0.05, 0.1) is 4.90 Å². The van der Waals surface area contributed by atoms with Crippen molar-refractivity contribution in [3.8, 4) is 5.75 Å². The molecule has 6 nitrogen and oxygen atoms in total. The van der Waals surface area contributed by atoms with Crippen LogP contribution in [0.3, 0.4) is 0 Å². The molecule has 0 bridgehead atoms. The van der Waals surface area contributed by atoms with Gasteiger partial charge in [-0.1, -0.05) is 27.2 Å². The molecule has 0 aliphatic carbocycles. The molecule has 7 heteroatoms. The average Bonchev–Trinajstić information content (AvgIpc) is 2.52. The summed E-state index contributed by atoms with van der Waals surface area (Å²) in [7, 11) is -3.53. The smallest absolute Gasteiger partial charge is 0.258 e. The number of amides is 1. The average molecular weight is 371 g/mol. The summed E-state index contributed by atoms with van der Waals surface area (Å²) in [5, 5.41) is 2.86. The number of ether oxygens (including phenoxy) is 1. The van der Waals surface area contributed by atoms with Crippen LogP contribution in [0.25, 0.3) is 0 Å². The van der Waals surface area contributed by atoms with Gasteiger partial charge in [-0.15, -0.1) is 0 Å². The van der Waals surface area contributed by atoms with E-state index in [1.54, 1.807) is 19.1 Å². The van der Waals surface area contributed by atoms with E-state index in [0.29, 0.717) is 17.9 Å². The molecular formula is C18H30N2O4S. The quantitative estimate of drug-likeness (QED) is 0.663. The van der Waals surface area contributed by atoms with E-state index in [1.165, 1.54) is 6.07 Å². The third-order valence-electron chi connectivity index (χ3n) is 3.63. The Bertz CT molecular complexity index is 672. The van der Waals surface area contributed by atoms with Crippen LogP contribution in [0.15, 0.2) is 23.1 Å². The Kier molecular flexibility index (Phi) is 8.38. The van der Waals surface area contributed by atoms with E-state index in [2.05, 4.69) is 17.0 Å². The molecular weight excluding hydrogens is 340 g/mol. The second-order valence-corrected chi connectivity index (χ2v) is 8.49. The fraction of sp³-hybridized carbons (Fsp3) is 0.611. The van der Waals surface area contributed by atoms with Gasteiger partial charge in [-0.25, -0.2) is 13.1 Å². The number of sulfonamides is 1. The first-order valence-electron chi connectivity index (χ1n) is 8.68. The van der Waals surface area contributed by atoms with Gasteiger partial charge in [-0.3, -0.25) is 4.79 Å². The highest BCUT2D eigenvalue weighted by atomic mass is 32.2. The third-order valence-corrected chi connectivity index (χ3v) is 5.05. The van der Waals surface area contributed by atoms with Crippen molar-refractivity contribution in [2.24, 2.45) is 5.92 Å². The van der Waals surface area contributed by atoms with Gasteiger partial charge < -0.3 is 10.1 Å². The number of aryl methyl sites for hydroxylation is 1. The number of carbonyl (C=O) groups excluding carboxylic acids is 1. The summed E-state index contributed by atoms with van der Waals surface area (Å²) in [6, 6.07) is 4.74. The largest absolute Gasteiger partial charge is 0.484 e. The summed E-state index contributed by atoms with van der Waals surface area (Å²) < 4.78 is 32.6. The lowest BCUT2D eigenvalue weighted by Crippen LogP contribution is -2.36. The van der Waals surface area contributed by atoms with Gasteiger partial charge >= 0.3 is 0 Å². The fourth-order valence-corrected chi connectivity index (χ4v) is 3.57. The van der Waals surface area contributed by atoms with Crippen molar-refractivity contribution in [2.75, 3.05) is 13.2 Å². The maximum Gasteiger partial charge on any atom is 0.258 e. The van der Waals surface area contributed by atoms with Gasteiger partial charge in [-0.05, 0) is 49.9 Å². The molecule has 0 aromatic heterocycles. The lowest BCUT2D eigenvalue weighted by atomic mass is 10.2. The Labute approximate surface area is 151 Å². The van der Waals surface area contributed by atoms with E-state index >= 15 is 0 Å². The molecule has 0 heterocycles. The van der Waals surface area contributed by atoms with Crippen LogP contribution in [0.2, 0.25) is 0 Å². The summed E-state index contributed by atoms with van der Waals surface area (Å²) >= 11 is 0. The van der Waals surface area contributed by atoms with Crippen LogP contribution in [0, 0.1) is 12.8 Å². The predicted molar refractivity (Wildman–Crippen MR) is 99.2 cm³/mol. The minimum absolute atomic E-state index is 0.0907. The molecule has 142 valence electrons. The molecule has 0 fully saturated rings. The topological polar surface area (TPSA) is 84.5 Å². The van der Waals surface area contributed by atoms with Crippen LogP contribution in [-0.2, 0) is 14.8 Å². The molecule has 0 saturated heterocycles. The zero-order valence-electron chi connectivity index (χ0n) is 15.8. The highest BCUT2D eigenvalue weighted by molar-refractivity contribution is 7.89.